The molecule has 2 N–H and O–H groups in total. The van der Waals surface area contributed by atoms with Gasteiger partial charge in [-0.1, -0.05) is 43.3 Å². The molecule has 0 fully saturated rings. The molecule has 0 aromatic heterocycles. The number of hydrogen-bond donors (Lipinski definition) is 1. The summed E-state index contributed by atoms with van der Waals surface area (Å²) >= 11 is 12.7. The van der Waals surface area contributed by atoms with Crippen molar-refractivity contribution in [1.82, 2.24) is 9.80 Å². The maximum absolute atomic E-state index is 6.14. The van der Waals surface area contributed by atoms with E-state index < -0.39 is 0 Å². The summed E-state index contributed by atoms with van der Waals surface area (Å²) in [4.78, 5) is 5.71. The largest absolute Gasteiger partial charge is 0.450 e. The van der Waals surface area contributed by atoms with Crippen LogP contribution in [0.5, 0.6) is 0 Å². The third-order valence-electron chi connectivity index (χ3n) is 3.94. The highest BCUT2D eigenvalue weighted by Crippen LogP contribution is 2.42. The van der Waals surface area contributed by atoms with E-state index in [9.17, 15) is 0 Å². The molecule has 1 heterocycles. The van der Waals surface area contributed by atoms with Crippen molar-refractivity contribution in [1.29, 1.82) is 0 Å². The molecule has 0 aliphatic carbocycles. The lowest BCUT2D eigenvalue weighted by atomic mass is 10.1. The van der Waals surface area contributed by atoms with E-state index in [2.05, 4.69) is 43.6 Å². The Hall–Kier alpha value is -1.11. The van der Waals surface area contributed by atoms with E-state index in [1.54, 1.807) is 11.8 Å². The van der Waals surface area contributed by atoms with Crippen molar-refractivity contribution in [3.63, 3.8) is 0 Å². The average molecular weight is 386 g/mol. The van der Waals surface area contributed by atoms with E-state index in [4.69, 9.17) is 34.3 Å². The van der Waals surface area contributed by atoms with Gasteiger partial charge in [-0.05, 0) is 50.2 Å². The van der Waals surface area contributed by atoms with Gasteiger partial charge >= 0.3 is 0 Å². The van der Waals surface area contributed by atoms with Gasteiger partial charge in [-0.2, -0.15) is 0 Å². The Morgan fingerprint density at radius 3 is 2.67 bits per heavy atom. The molecule has 0 saturated carbocycles. The second-order valence-electron chi connectivity index (χ2n) is 5.88. The Labute approximate surface area is 159 Å². The molecule has 1 aliphatic heterocycles. The number of allylic oxidation sites excluding steroid dienone is 1. The Morgan fingerprint density at radius 2 is 2.12 bits per heavy atom. The predicted octanol–water partition coefficient (Wildman–Crippen LogP) is 4.46. The zero-order valence-corrected chi connectivity index (χ0v) is 16.8. The van der Waals surface area contributed by atoms with Crippen molar-refractivity contribution >= 4 is 40.8 Å². The molecule has 0 bridgehead atoms. The highest BCUT2D eigenvalue weighted by atomic mass is 35.5. The number of hydrogen-bond acceptors (Lipinski definition) is 5. The fourth-order valence-electron chi connectivity index (χ4n) is 2.86. The topological polar surface area (TPSA) is 41.7 Å². The lowest BCUT2D eigenvalue weighted by molar-refractivity contribution is 0.0726. The molecule has 2 rings (SSSR count). The van der Waals surface area contributed by atoms with Crippen LogP contribution in [0.2, 0.25) is 5.02 Å². The second kappa shape index (κ2) is 8.32. The number of benzene rings is 1. The number of thioether (sulfide) groups is 1. The van der Waals surface area contributed by atoms with Crippen molar-refractivity contribution < 1.29 is 4.74 Å². The van der Waals surface area contributed by atoms with Crippen LogP contribution in [0.4, 0.5) is 0 Å². The first-order valence-corrected chi connectivity index (χ1v) is 9.58. The fourth-order valence-corrected chi connectivity index (χ4v) is 4.58. The molecule has 1 unspecified atom stereocenters. The molecule has 1 aliphatic rings. The minimum Gasteiger partial charge on any atom is -0.450 e. The van der Waals surface area contributed by atoms with E-state index in [-0.39, 0.29) is 11.3 Å². The van der Waals surface area contributed by atoms with Crippen LogP contribution in [-0.2, 0) is 4.74 Å². The molecule has 0 amide bonds. The summed E-state index contributed by atoms with van der Waals surface area (Å²) in [6.07, 6.45) is 0.184. The van der Waals surface area contributed by atoms with E-state index in [1.807, 2.05) is 18.2 Å². The number of ether oxygens (including phenoxy) is 1. The number of thiocarbonyl (C=S) groups is 1. The van der Waals surface area contributed by atoms with Gasteiger partial charge in [0.25, 0.3) is 5.17 Å². The van der Waals surface area contributed by atoms with Gasteiger partial charge in [0, 0.05) is 16.5 Å². The molecule has 4 nitrogen and oxygen atoms in total. The van der Waals surface area contributed by atoms with Gasteiger partial charge in [-0.3, -0.25) is 0 Å². The number of rotatable bonds is 6. The van der Waals surface area contributed by atoms with Crippen LogP contribution < -0.4 is 5.73 Å². The maximum Gasteiger partial charge on any atom is 0.255 e. The van der Waals surface area contributed by atoms with Gasteiger partial charge in [0.2, 0.25) is 0 Å². The average Bonchev–Trinajstić information content (AvgIpc) is 2.76. The molecular formula is C17H24ClN3OS2. The zero-order chi connectivity index (χ0) is 17.9. The van der Waals surface area contributed by atoms with Crippen LogP contribution in [0.25, 0.3) is 0 Å². The third kappa shape index (κ3) is 4.29. The van der Waals surface area contributed by atoms with Crippen molar-refractivity contribution in [3.05, 3.63) is 40.0 Å². The molecular weight excluding hydrogens is 362 g/mol. The zero-order valence-electron chi connectivity index (χ0n) is 14.5. The van der Waals surface area contributed by atoms with Crippen LogP contribution in [0.15, 0.2) is 39.9 Å². The molecule has 1 aromatic rings. The summed E-state index contributed by atoms with van der Waals surface area (Å²) in [5.74, 6) is 0.348. The van der Waals surface area contributed by atoms with Gasteiger partial charge in [0.1, 0.15) is 6.17 Å². The van der Waals surface area contributed by atoms with E-state index in [0.717, 1.165) is 16.5 Å². The Balaban J connectivity index is 2.37. The summed E-state index contributed by atoms with van der Waals surface area (Å²) < 4.78 is 5.43. The number of nitrogens with zero attached hydrogens (tertiary/aromatic N) is 2. The predicted molar refractivity (Wildman–Crippen MR) is 106 cm³/mol. The van der Waals surface area contributed by atoms with Gasteiger partial charge in [0.05, 0.1) is 10.7 Å². The minimum atomic E-state index is 0.0734. The summed E-state index contributed by atoms with van der Waals surface area (Å²) in [5.41, 5.74) is 6.75. The van der Waals surface area contributed by atoms with E-state index >= 15 is 0 Å². The molecule has 0 radical (unpaired) electrons. The van der Waals surface area contributed by atoms with E-state index in [0.29, 0.717) is 12.6 Å². The SMILES string of the molecule is CCN1C(Sc2cccc(Cl)c2)=C(C(C)C)N(COC(N)=S)C1C. The normalized spacial score (nSPS) is 17.8. The standard InChI is InChI=1S/C17H24ClN3OS2/c1-5-20-12(4)21(10-22-17(19)23)15(11(2)3)16(20)24-14-8-6-7-13(18)9-14/h6-9,11-12H,5,10H2,1-4H3,(H2,19,23). The smallest absolute Gasteiger partial charge is 0.255 e. The van der Waals surface area contributed by atoms with Crippen LogP contribution in [0, 0.1) is 5.92 Å². The molecule has 0 spiro atoms. The summed E-state index contributed by atoms with van der Waals surface area (Å²) in [7, 11) is 0. The summed E-state index contributed by atoms with van der Waals surface area (Å²) in [6.45, 7) is 9.97. The van der Waals surface area contributed by atoms with Gasteiger partial charge in [-0.15, -0.1) is 0 Å². The highest BCUT2D eigenvalue weighted by molar-refractivity contribution is 8.03. The maximum atomic E-state index is 6.14. The highest BCUT2D eigenvalue weighted by Gasteiger charge is 2.36. The van der Waals surface area contributed by atoms with E-state index in [1.165, 1.54) is 10.7 Å². The summed E-state index contributed by atoms with van der Waals surface area (Å²) in [6, 6.07) is 7.93. The van der Waals surface area contributed by atoms with Crippen molar-refractivity contribution in [2.75, 3.05) is 13.3 Å². The lowest BCUT2D eigenvalue weighted by Crippen LogP contribution is -2.40. The molecule has 0 saturated heterocycles. The Kier molecular flexibility index (Phi) is 6.66. The minimum absolute atomic E-state index is 0.0734. The van der Waals surface area contributed by atoms with Crippen molar-refractivity contribution in [2.45, 2.75) is 38.8 Å². The summed E-state index contributed by atoms with van der Waals surface area (Å²) in [5, 5.41) is 2.05. The first-order chi connectivity index (χ1) is 11.3. The lowest BCUT2D eigenvalue weighted by Gasteiger charge is -2.31. The Morgan fingerprint density at radius 1 is 1.42 bits per heavy atom. The van der Waals surface area contributed by atoms with Crippen LogP contribution >= 0.6 is 35.6 Å². The van der Waals surface area contributed by atoms with Crippen LogP contribution in [0.3, 0.4) is 0 Å². The molecule has 132 valence electrons. The van der Waals surface area contributed by atoms with Crippen molar-refractivity contribution in [3.8, 4) is 0 Å². The first-order valence-electron chi connectivity index (χ1n) is 7.98. The molecule has 7 heteroatoms. The molecule has 1 aromatic carbocycles. The number of halogens is 1. The van der Waals surface area contributed by atoms with Crippen LogP contribution in [-0.4, -0.2) is 34.4 Å². The van der Waals surface area contributed by atoms with Gasteiger partial charge in [0.15, 0.2) is 6.73 Å². The monoisotopic (exact) mass is 385 g/mol. The van der Waals surface area contributed by atoms with Crippen LogP contribution in [0.1, 0.15) is 27.7 Å². The first kappa shape index (κ1) is 19.2. The van der Waals surface area contributed by atoms with Gasteiger partial charge in [-0.25, -0.2) is 0 Å². The third-order valence-corrected chi connectivity index (χ3v) is 5.42. The fraction of sp³-hybridized carbons (Fsp3) is 0.471. The quantitative estimate of drug-likeness (QED) is 0.729. The molecule has 1 atom stereocenters. The number of nitrogens with two attached hydrogens (primary N) is 1. The second-order valence-corrected chi connectivity index (χ2v) is 7.79. The Bertz CT molecular complexity index is 636. The van der Waals surface area contributed by atoms with Crippen molar-refractivity contribution in [2.24, 2.45) is 11.7 Å². The molecule has 24 heavy (non-hydrogen) atoms. The van der Waals surface area contributed by atoms with Gasteiger partial charge < -0.3 is 20.3 Å².